The molecule has 0 bridgehead atoms. The van der Waals surface area contributed by atoms with Crippen LogP contribution in [0.2, 0.25) is 0 Å². The van der Waals surface area contributed by atoms with E-state index >= 15 is 0 Å². The molecule has 2 aromatic heterocycles. The van der Waals surface area contributed by atoms with Crippen LogP contribution in [0.4, 0.5) is 5.82 Å². The second kappa shape index (κ2) is 7.31. The van der Waals surface area contributed by atoms with Crippen LogP contribution in [0, 0.1) is 6.92 Å². The molecule has 1 saturated carbocycles. The Labute approximate surface area is 164 Å². The minimum atomic E-state index is 0.213. The van der Waals surface area contributed by atoms with Crippen LogP contribution in [0.15, 0.2) is 41.1 Å². The molecule has 27 heavy (non-hydrogen) atoms. The van der Waals surface area contributed by atoms with Gasteiger partial charge in [-0.25, -0.2) is 4.98 Å². The smallest absolute Gasteiger partial charge is 0.227 e. The van der Waals surface area contributed by atoms with Gasteiger partial charge in [0.1, 0.15) is 5.82 Å². The molecule has 0 spiro atoms. The Kier molecular flexibility index (Phi) is 4.87. The van der Waals surface area contributed by atoms with Crippen LogP contribution in [0.3, 0.4) is 0 Å². The molecule has 1 aliphatic carbocycles. The molecule has 0 aliphatic heterocycles. The van der Waals surface area contributed by atoms with Gasteiger partial charge in [-0.15, -0.1) is 0 Å². The van der Waals surface area contributed by atoms with E-state index in [1.165, 1.54) is 5.56 Å². The van der Waals surface area contributed by atoms with Crippen molar-refractivity contribution in [2.24, 2.45) is 0 Å². The van der Waals surface area contributed by atoms with E-state index in [1.54, 1.807) is 11.3 Å². The van der Waals surface area contributed by atoms with Crippen LogP contribution in [0.1, 0.15) is 29.5 Å². The average molecular weight is 380 g/mol. The second-order valence-corrected chi connectivity index (χ2v) is 8.40. The second-order valence-electron chi connectivity index (χ2n) is 7.62. The van der Waals surface area contributed by atoms with Gasteiger partial charge in [-0.2, -0.15) is 11.3 Å². The lowest BCUT2D eigenvalue weighted by atomic mass is 10.1. The van der Waals surface area contributed by atoms with Crippen molar-refractivity contribution >= 4 is 34.0 Å². The summed E-state index contributed by atoms with van der Waals surface area (Å²) in [5.41, 5.74) is 4.43. The highest BCUT2D eigenvalue weighted by Crippen LogP contribution is 2.32. The first-order chi connectivity index (χ1) is 13.0. The predicted octanol–water partition coefficient (Wildman–Crippen LogP) is 4.40. The number of anilines is 1. The summed E-state index contributed by atoms with van der Waals surface area (Å²) in [6.45, 7) is 2.71. The number of rotatable bonds is 6. The van der Waals surface area contributed by atoms with Crippen LogP contribution in [-0.4, -0.2) is 35.9 Å². The first kappa shape index (κ1) is 18.0. The predicted molar refractivity (Wildman–Crippen MR) is 112 cm³/mol. The maximum absolute atomic E-state index is 13.0. The highest BCUT2D eigenvalue weighted by atomic mass is 32.1. The van der Waals surface area contributed by atoms with Gasteiger partial charge in [-0.1, -0.05) is 12.1 Å². The van der Waals surface area contributed by atoms with Gasteiger partial charge in [0, 0.05) is 37.6 Å². The van der Waals surface area contributed by atoms with E-state index in [0.717, 1.165) is 40.7 Å². The van der Waals surface area contributed by atoms with Crippen LogP contribution < -0.4 is 4.90 Å². The standard InChI is InChI=1S/C22H25N3OS/c1-15-4-5-17-12-18(22(24(2)3)23-20(17)10-15)13-25(19-6-7-19)21(26)11-16-8-9-27-14-16/h4-5,8-10,12,14,19H,6-7,11,13H2,1-3H3. The molecule has 0 N–H and O–H groups in total. The Balaban J connectivity index is 1.66. The molecule has 1 amide bonds. The number of nitrogens with zero attached hydrogens (tertiary/aromatic N) is 3. The van der Waals surface area contributed by atoms with E-state index in [9.17, 15) is 4.79 Å². The molecule has 1 fully saturated rings. The number of hydrogen-bond donors (Lipinski definition) is 0. The zero-order valence-electron chi connectivity index (χ0n) is 16.1. The van der Waals surface area contributed by atoms with Gasteiger partial charge in [0.05, 0.1) is 11.9 Å². The Morgan fingerprint density at radius 1 is 1.22 bits per heavy atom. The number of fused-ring (bicyclic) bond motifs is 1. The van der Waals surface area contributed by atoms with E-state index in [-0.39, 0.29) is 5.91 Å². The lowest BCUT2D eigenvalue weighted by molar-refractivity contribution is -0.131. The van der Waals surface area contributed by atoms with Gasteiger partial charge >= 0.3 is 0 Å². The van der Waals surface area contributed by atoms with Gasteiger partial charge in [0.25, 0.3) is 0 Å². The van der Waals surface area contributed by atoms with Crippen LogP contribution in [0.5, 0.6) is 0 Å². The summed E-state index contributed by atoms with van der Waals surface area (Å²) in [6, 6.07) is 11.0. The van der Waals surface area contributed by atoms with Gasteiger partial charge in [-0.05, 0) is 59.9 Å². The van der Waals surface area contributed by atoms with Gasteiger partial charge in [-0.3, -0.25) is 4.79 Å². The van der Waals surface area contributed by atoms with E-state index in [0.29, 0.717) is 19.0 Å². The highest BCUT2D eigenvalue weighted by molar-refractivity contribution is 7.08. The minimum Gasteiger partial charge on any atom is -0.362 e. The topological polar surface area (TPSA) is 36.4 Å². The lowest BCUT2D eigenvalue weighted by Crippen LogP contribution is -2.34. The number of carbonyl (C=O) groups excluding carboxylic acids is 1. The Morgan fingerprint density at radius 2 is 2.04 bits per heavy atom. The number of hydrogen-bond acceptors (Lipinski definition) is 4. The molecule has 4 nitrogen and oxygen atoms in total. The first-order valence-electron chi connectivity index (χ1n) is 9.39. The number of aromatic nitrogens is 1. The van der Waals surface area contributed by atoms with Gasteiger partial charge < -0.3 is 9.80 Å². The van der Waals surface area contributed by atoms with Crippen LogP contribution in [0.25, 0.3) is 10.9 Å². The lowest BCUT2D eigenvalue weighted by Gasteiger charge is -2.25. The Hall–Kier alpha value is -2.40. The monoisotopic (exact) mass is 379 g/mol. The molecule has 0 atom stereocenters. The number of pyridine rings is 1. The molecule has 2 heterocycles. The SMILES string of the molecule is Cc1ccc2cc(CN(C(=O)Cc3ccsc3)C3CC3)c(N(C)C)nc2c1. The van der Waals surface area contributed by atoms with Crippen molar-refractivity contribution in [1.82, 2.24) is 9.88 Å². The van der Waals surface area contributed by atoms with Crippen LogP contribution >= 0.6 is 11.3 Å². The fourth-order valence-corrected chi connectivity index (χ4v) is 4.14. The maximum Gasteiger partial charge on any atom is 0.227 e. The van der Waals surface area contributed by atoms with Crippen molar-refractivity contribution in [3.8, 4) is 0 Å². The fourth-order valence-electron chi connectivity index (χ4n) is 3.47. The summed E-state index contributed by atoms with van der Waals surface area (Å²) in [5, 5.41) is 5.22. The molecule has 1 aliphatic rings. The third kappa shape index (κ3) is 3.98. The zero-order chi connectivity index (χ0) is 19.0. The molecule has 0 saturated heterocycles. The van der Waals surface area contributed by atoms with Gasteiger partial charge in [0.15, 0.2) is 0 Å². The molecule has 3 aromatic rings. The quantitative estimate of drug-likeness (QED) is 0.637. The van der Waals surface area contributed by atoms with Crippen molar-refractivity contribution < 1.29 is 4.79 Å². The summed E-state index contributed by atoms with van der Waals surface area (Å²) in [6.07, 6.45) is 2.69. The highest BCUT2D eigenvalue weighted by Gasteiger charge is 2.33. The third-order valence-electron chi connectivity index (χ3n) is 5.04. The molecule has 1 aromatic carbocycles. The van der Waals surface area contributed by atoms with Crippen LogP contribution in [-0.2, 0) is 17.8 Å². The molecule has 0 radical (unpaired) electrons. The number of carbonyl (C=O) groups is 1. The molecular weight excluding hydrogens is 354 g/mol. The van der Waals surface area contributed by atoms with Crippen molar-refractivity contribution in [1.29, 1.82) is 0 Å². The van der Waals surface area contributed by atoms with E-state index in [2.05, 4.69) is 41.5 Å². The number of amides is 1. The van der Waals surface area contributed by atoms with Crippen molar-refractivity contribution in [2.45, 2.75) is 38.8 Å². The normalized spacial score (nSPS) is 13.7. The van der Waals surface area contributed by atoms with Crippen molar-refractivity contribution in [3.05, 3.63) is 57.8 Å². The van der Waals surface area contributed by atoms with E-state index in [1.807, 2.05) is 30.4 Å². The zero-order valence-corrected chi connectivity index (χ0v) is 16.9. The first-order valence-corrected chi connectivity index (χ1v) is 10.3. The molecule has 4 rings (SSSR count). The van der Waals surface area contributed by atoms with Crippen molar-refractivity contribution in [3.63, 3.8) is 0 Å². The fraction of sp³-hybridized carbons (Fsp3) is 0.364. The summed E-state index contributed by atoms with van der Waals surface area (Å²) in [4.78, 5) is 22.0. The van der Waals surface area contributed by atoms with E-state index in [4.69, 9.17) is 4.98 Å². The minimum absolute atomic E-state index is 0.213. The summed E-state index contributed by atoms with van der Waals surface area (Å²) in [5.74, 6) is 1.16. The largest absolute Gasteiger partial charge is 0.362 e. The molecule has 140 valence electrons. The summed E-state index contributed by atoms with van der Waals surface area (Å²) >= 11 is 1.64. The Morgan fingerprint density at radius 3 is 2.70 bits per heavy atom. The maximum atomic E-state index is 13.0. The third-order valence-corrected chi connectivity index (χ3v) is 5.77. The number of benzene rings is 1. The van der Waals surface area contributed by atoms with E-state index < -0.39 is 0 Å². The molecular formula is C22H25N3OS. The summed E-state index contributed by atoms with van der Waals surface area (Å²) in [7, 11) is 4.03. The summed E-state index contributed by atoms with van der Waals surface area (Å²) < 4.78 is 0. The molecule has 0 unspecified atom stereocenters. The van der Waals surface area contributed by atoms with Crippen molar-refractivity contribution in [2.75, 3.05) is 19.0 Å². The number of thiophene rings is 1. The van der Waals surface area contributed by atoms with Gasteiger partial charge in [0.2, 0.25) is 5.91 Å². The number of aryl methyl sites for hydroxylation is 1. The average Bonchev–Trinajstić information content (AvgIpc) is 3.35. The molecule has 5 heteroatoms. The Bertz CT molecular complexity index is 961.